The first-order chi connectivity index (χ1) is 11.1. The van der Waals surface area contributed by atoms with E-state index < -0.39 is 0 Å². The van der Waals surface area contributed by atoms with Crippen molar-refractivity contribution in [1.29, 1.82) is 0 Å². The van der Waals surface area contributed by atoms with Crippen LogP contribution in [0.3, 0.4) is 0 Å². The normalized spacial score (nSPS) is 10.9. The molecule has 0 aliphatic carbocycles. The van der Waals surface area contributed by atoms with Gasteiger partial charge in [0.05, 0.1) is 6.26 Å². The maximum atomic E-state index is 5.34. The minimum atomic E-state index is 0. The van der Waals surface area contributed by atoms with Gasteiger partial charge in [-0.05, 0) is 29.8 Å². The average molecular weight is 442 g/mol. The Kier molecular flexibility index (Phi) is 8.67. The fourth-order valence-corrected chi connectivity index (χ4v) is 2.42. The van der Waals surface area contributed by atoms with Crippen LogP contribution in [0.25, 0.3) is 0 Å². The summed E-state index contributed by atoms with van der Waals surface area (Å²) in [6, 6.07) is 12.4. The van der Waals surface area contributed by atoms with Crippen molar-refractivity contribution in [3.8, 4) is 0 Å². The van der Waals surface area contributed by atoms with E-state index in [0.717, 1.165) is 31.2 Å². The van der Waals surface area contributed by atoms with Crippen molar-refractivity contribution in [3.05, 3.63) is 54.0 Å². The van der Waals surface area contributed by atoms with Gasteiger partial charge in [-0.15, -0.1) is 24.0 Å². The summed E-state index contributed by atoms with van der Waals surface area (Å²) in [7, 11) is 7.96. The number of hydrogen-bond donors (Lipinski definition) is 1. The molecule has 0 saturated heterocycles. The first-order valence-electron chi connectivity index (χ1n) is 7.80. The number of benzene rings is 1. The first kappa shape index (κ1) is 20.3. The molecular formula is C18H27IN4O. The molecule has 1 heterocycles. The topological polar surface area (TPSA) is 44.0 Å². The lowest BCUT2D eigenvalue weighted by molar-refractivity contribution is 0.470. The number of anilines is 1. The number of hydrogen-bond acceptors (Lipinski definition) is 3. The van der Waals surface area contributed by atoms with Gasteiger partial charge in [0.1, 0.15) is 5.76 Å². The summed E-state index contributed by atoms with van der Waals surface area (Å²) in [5, 5.41) is 3.37. The molecule has 1 aromatic heterocycles. The number of nitrogens with zero attached hydrogens (tertiary/aromatic N) is 3. The van der Waals surface area contributed by atoms with Crippen molar-refractivity contribution in [2.24, 2.45) is 4.99 Å². The lowest BCUT2D eigenvalue weighted by atomic mass is 10.2. The molecule has 1 aromatic carbocycles. The molecule has 0 radical (unpaired) electrons. The fourth-order valence-electron chi connectivity index (χ4n) is 2.42. The standard InChI is InChI=1S/C18H26N4O.HI/c1-19-18(20-11-10-17-9-6-12-23-17)22(4)14-15-7-5-8-16(13-15)21(2)3;/h5-9,12-13H,10-11,14H2,1-4H3,(H,19,20);1H. The van der Waals surface area contributed by atoms with Gasteiger partial charge in [0.15, 0.2) is 5.96 Å². The number of nitrogens with one attached hydrogen (secondary N) is 1. The number of aliphatic imine (C=N–C) groups is 1. The zero-order chi connectivity index (χ0) is 16.7. The smallest absolute Gasteiger partial charge is 0.193 e. The lowest BCUT2D eigenvalue weighted by Crippen LogP contribution is -2.39. The van der Waals surface area contributed by atoms with Gasteiger partial charge in [-0.25, -0.2) is 0 Å². The number of rotatable bonds is 6. The van der Waals surface area contributed by atoms with Gasteiger partial charge in [-0.2, -0.15) is 0 Å². The Morgan fingerprint density at radius 1 is 1.17 bits per heavy atom. The van der Waals surface area contributed by atoms with E-state index in [0.29, 0.717) is 0 Å². The quantitative estimate of drug-likeness (QED) is 0.424. The van der Waals surface area contributed by atoms with Crippen LogP contribution in [-0.4, -0.2) is 45.6 Å². The van der Waals surface area contributed by atoms with Crippen molar-refractivity contribution in [2.45, 2.75) is 13.0 Å². The molecule has 24 heavy (non-hydrogen) atoms. The maximum Gasteiger partial charge on any atom is 0.193 e. The van der Waals surface area contributed by atoms with E-state index in [4.69, 9.17) is 4.42 Å². The molecule has 2 aromatic rings. The molecule has 0 saturated carbocycles. The van der Waals surface area contributed by atoms with Crippen LogP contribution in [0, 0.1) is 0 Å². The SMILES string of the molecule is CN=C(NCCc1ccco1)N(C)Cc1cccc(N(C)C)c1.I. The van der Waals surface area contributed by atoms with E-state index in [1.54, 1.807) is 6.26 Å². The van der Waals surface area contributed by atoms with Gasteiger partial charge in [0.25, 0.3) is 0 Å². The van der Waals surface area contributed by atoms with Gasteiger partial charge >= 0.3 is 0 Å². The fraction of sp³-hybridized carbons (Fsp3) is 0.389. The van der Waals surface area contributed by atoms with Crippen LogP contribution >= 0.6 is 24.0 Å². The molecule has 0 unspecified atom stereocenters. The Bertz CT molecular complexity index is 626. The summed E-state index contributed by atoms with van der Waals surface area (Å²) >= 11 is 0. The molecule has 0 bridgehead atoms. The van der Waals surface area contributed by atoms with Crippen LogP contribution in [0.1, 0.15) is 11.3 Å². The molecule has 0 aliphatic heterocycles. The molecule has 0 fully saturated rings. The number of furan rings is 1. The Labute approximate surface area is 161 Å². The third kappa shape index (κ3) is 6.07. The highest BCUT2D eigenvalue weighted by atomic mass is 127. The second kappa shape index (κ2) is 10.2. The molecule has 5 nitrogen and oxygen atoms in total. The highest BCUT2D eigenvalue weighted by Crippen LogP contribution is 2.14. The summed E-state index contributed by atoms with van der Waals surface area (Å²) in [5.74, 6) is 1.86. The molecule has 1 N–H and O–H groups in total. The summed E-state index contributed by atoms with van der Waals surface area (Å²) in [5.41, 5.74) is 2.46. The summed E-state index contributed by atoms with van der Waals surface area (Å²) in [6.07, 6.45) is 2.55. The van der Waals surface area contributed by atoms with Crippen LogP contribution < -0.4 is 10.2 Å². The second-order valence-electron chi connectivity index (χ2n) is 5.72. The summed E-state index contributed by atoms with van der Waals surface area (Å²) < 4.78 is 5.34. The van der Waals surface area contributed by atoms with E-state index in [1.807, 2.05) is 26.2 Å². The van der Waals surface area contributed by atoms with Crippen molar-refractivity contribution in [1.82, 2.24) is 10.2 Å². The second-order valence-corrected chi connectivity index (χ2v) is 5.72. The summed E-state index contributed by atoms with van der Waals surface area (Å²) in [6.45, 7) is 1.60. The highest BCUT2D eigenvalue weighted by Gasteiger charge is 2.07. The van der Waals surface area contributed by atoms with Gasteiger partial charge in [0.2, 0.25) is 0 Å². The van der Waals surface area contributed by atoms with Crippen molar-refractivity contribution < 1.29 is 4.42 Å². The zero-order valence-corrected chi connectivity index (χ0v) is 17.2. The molecular weight excluding hydrogens is 415 g/mol. The average Bonchev–Trinajstić information content (AvgIpc) is 3.05. The Hall–Kier alpha value is -1.70. The molecule has 0 aliphatic rings. The van der Waals surface area contributed by atoms with E-state index in [1.165, 1.54) is 11.3 Å². The Morgan fingerprint density at radius 3 is 2.58 bits per heavy atom. The van der Waals surface area contributed by atoms with Crippen LogP contribution in [0.2, 0.25) is 0 Å². The Balaban J connectivity index is 0.00000288. The van der Waals surface area contributed by atoms with Crippen molar-refractivity contribution >= 4 is 35.6 Å². The minimum absolute atomic E-state index is 0. The van der Waals surface area contributed by atoms with E-state index in [2.05, 4.69) is 58.5 Å². The first-order valence-corrected chi connectivity index (χ1v) is 7.80. The van der Waals surface area contributed by atoms with Gasteiger partial charge in [0, 0.05) is 53.4 Å². The largest absolute Gasteiger partial charge is 0.469 e. The minimum Gasteiger partial charge on any atom is -0.469 e. The lowest BCUT2D eigenvalue weighted by Gasteiger charge is -2.23. The van der Waals surface area contributed by atoms with Crippen LogP contribution in [0.5, 0.6) is 0 Å². The van der Waals surface area contributed by atoms with Gasteiger partial charge < -0.3 is 19.5 Å². The van der Waals surface area contributed by atoms with Crippen LogP contribution in [0.4, 0.5) is 5.69 Å². The van der Waals surface area contributed by atoms with E-state index in [9.17, 15) is 0 Å². The molecule has 6 heteroatoms. The molecule has 0 spiro atoms. The predicted molar refractivity (Wildman–Crippen MR) is 111 cm³/mol. The maximum absolute atomic E-state index is 5.34. The van der Waals surface area contributed by atoms with Crippen molar-refractivity contribution in [3.63, 3.8) is 0 Å². The van der Waals surface area contributed by atoms with Gasteiger partial charge in [-0.1, -0.05) is 12.1 Å². The van der Waals surface area contributed by atoms with Crippen LogP contribution in [-0.2, 0) is 13.0 Å². The van der Waals surface area contributed by atoms with Crippen LogP contribution in [0.15, 0.2) is 52.1 Å². The Morgan fingerprint density at radius 2 is 1.96 bits per heavy atom. The molecule has 0 amide bonds. The highest BCUT2D eigenvalue weighted by molar-refractivity contribution is 14.0. The molecule has 2 rings (SSSR count). The van der Waals surface area contributed by atoms with Crippen molar-refractivity contribution in [2.75, 3.05) is 39.6 Å². The van der Waals surface area contributed by atoms with E-state index in [-0.39, 0.29) is 24.0 Å². The third-order valence-corrected chi connectivity index (χ3v) is 3.65. The monoisotopic (exact) mass is 442 g/mol. The predicted octanol–water partition coefficient (Wildman–Crippen LogP) is 3.21. The van der Waals surface area contributed by atoms with Gasteiger partial charge in [-0.3, -0.25) is 4.99 Å². The summed E-state index contributed by atoms with van der Waals surface area (Å²) in [4.78, 5) is 8.58. The van der Waals surface area contributed by atoms with E-state index >= 15 is 0 Å². The molecule has 0 atom stereocenters. The third-order valence-electron chi connectivity index (χ3n) is 3.65. The number of halogens is 1. The zero-order valence-electron chi connectivity index (χ0n) is 14.8. The molecule has 132 valence electrons. The number of guanidine groups is 1.